The average molecular weight is 244 g/mol. The van der Waals surface area contributed by atoms with Gasteiger partial charge in [-0.05, 0) is 30.9 Å². The van der Waals surface area contributed by atoms with Crippen LogP contribution in [0.3, 0.4) is 0 Å². The Hall–Kier alpha value is -0.380. The fourth-order valence-electron chi connectivity index (χ4n) is 1.77. The molecule has 1 N–H and O–H groups in total. The summed E-state index contributed by atoms with van der Waals surface area (Å²) in [6.45, 7) is 7.08. The minimum Gasteiger partial charge on any atom is -0.338 e. The van der Waals surface area contributed by atoms with Gasteiger partial charge in [0, 0.05) is 25.4 Å². The lowest BCUT2D eigenvalue weighted by molar-refractivity contribution is 0.201. The Morgan fingerprint density at radius 1 is 1.38 bits per heavy atom. The summed E-state index contributed by atoms with van der Waals surface area (Å²) in [6.07, 6.45) is 3.41. The van der Waals surface area contributed by atoms with Crippen molar-refractivity contribution in [3.63, 3.8) is 0 Å². The molecular weight excluding hydrogens is 220 g/mol. The zero-order chi connectivity index (χ0) is 11.8. The van der Waals surface area contributed by atoms with E-state index < -0.39 is 0 Å². The SMILES string of the molecule is CC(C)CCCNC(=O)N1CCCSCC1. The topological polar surface area (TPSA) is 32.3 Å². The van der Waals surface area contributed by atoms with Gasteiger partial charge in [-0.3, -0.25) is 0 Å². The first-order valence-electron chi connectivity index (χ1n) is 6.30. The molecule has 16 heavy (non-hydrogen) atoms. The minimum atomic E-state index is 0.131. The third-order valence-corrected chi connectivity index (χ3v) is 3.79. The molecule has 2 amide bonds. The standard InChI is InChI=1S/C12H24N2OS/c1-11(2)5-3-6-13-12(15)14-7-4-9-16-10-8-14/h11H,3-10H2,1-2H3,(H,13,15). The number of carbonyl (C=O) groups is 1. The van der Waals surface area contributed by atoms with Gasteiger partial charge in [0.1, 0.15) is 0 Å². The van der Waals surface area contributed by atoms with Gasteiger partial charge in [-0.25, -0.2) is 4.79 Å². The van der Waals surface area contributed by atoms with Crippen molar-refractivity contribution >= 4 is 17.8 Å². The van der Waals surface area contributed by atoms with E-state index in [2.05, 4.69) is 19.2 Å². The average Bonchev–Trinajstić information content (AvgIpc) is 2.52. The summed E-state index contributed by atoms with van der Waals surface area (Å²) < 4.78 is 0. The summed E-state index contributed by atoms with van der Waals surface area (Å²) in [5, 5.41) is 3.01. The summed E-state index contributed by atoms with van der Waals surface area (Å²) in [4.78, 5) is 13.8. The van der Waals surface area contributed by atoms with E-state index in [1.54, 1.807) is 0 Å². The molecule has 1 saturated heterocycles. The number of hydrogen-bond acceptors (Lipinski definition) is 2. The summed E-state index contributed by atoms with van der Waals surface area (Å²) in [7, 11) is 0. The molecule has 0 unspecified atom stereocenters. The van der Waals surface area contributed by atoms with E-state index >= 15 is 0 Å². The molecule has 0 aliphatic carbocycles. The van der Waals surface area contributed by atoms with Gasteiger partial charge in [0.25, 0.3) is 0 Å². The lowest BCUT2D eigenvalue weighted by Crippen LogP contribution is -2.41. The van der Waals surface area contributed by atoms with E-state index in [9.17, 15) is 4.79 Å². The summed E-state index contributed by atoms with van der Waals surface area (Å²) >= 11 is 1.95. The lowest BCUT2D eigenvalue weighted by Gasteiger charge is -2.20. The molecule has 4 heteroatoms. The van der Waals surface area contributed by atoms with Gasteiger partial charge >= 0.3 is 6.03 Å². The molecule has 0 saturated carbocycles. The predicted molar refractivity (Wildman–Crippen MR) is 71.0 cm³/mol. The Bertz CT molecular complexity index is 201. The van der Waals surface area contributed by atoms with Crippen LogP contribution in [0.25, 0.3) is 0 Å². The maximum atomic E-state index is 11.8. The largest absolute Gasteiger partial charge is 0.338 e. The molecule has 0 aromatic carbocycles. The molecule has 1 heterocycles. The maximum absolute atomic E-state index is 11.8. The maximum Gasteiger partial charge on any atom is 0.317 e. The fraction of sp³-hybridized carbons (Fsp3) is 0.917. The highest BCUT2D eigenvalue weighted by Crippen LogP contribution is 2.10. The molecule has 1 aliphatic heterocycles. The van der Waals surface area contributed by atoms with Crippen LogP contribution in [0.5, 0.6) is 0 Å². The molecular formula is C12H24N2OS. The van der Waals surface area contributed by atoms with Gasteiger partial charge < -0.3 is 10.2 Å². The number of urea groups is 1. The first-order valence-corrected chi connectivity index (χ1v) is 7.46. The van der Waals surface area contributed by atoms with E-state index in [0.717, 1.165) is 44.1 Å². The first-order chi connectivity index (χ1) is 7.70. The number of thioether (sulfide) groups is 1. The van der Waals surface area contributed by atoms with E-state index in [-0.39, 0.29) is 6.03 Å². The van der Waals surface area contributed by atoms with Crippen LogP contribution in [-0.4, -0.2) is 42.1 Å². The lowest BCUT2D eigenvalue weighted by atomic mass is 10.1. The fourth-order valence-corrected chi connectivity index (χ4v) is 2.65. The van der Waals surface area contributed by atoms with Crippen LogP contribution >= 0.6 is 11.8 Å². The molecule has 0 aromatic heterocycles. The van der Waals surface area contributed by atoms with E-state index in [0.29, 0.717) is 0 Å². The van der Waals surface area contributed by atoms with Gasteiger partial charge in [0.15, 0.2) is 0 Å². The van der Waals surface area contributed by atoms with E-state index in [4.69, 9.17) is 0 Å². The van der Waals surface area contributed by atoms with Crippen molar-refractivity contribution in [3.05, 3.63) is 0 Å². The highest BCUT2D eigenvalue weighted by molar-refractivity contribution is 7.99. The molecule has 94 valence electrons. The van der Waals surface area contributed by atoms with Crippen molar-refractivity contribution in [2.45, 2.75) is 33.1 Å². The molecule has 0 atom stereocenters. The normalized spacial score (nSPS) is 17.3. The van der Waals surface area contributed by atoms with Crippen molar-refractivity contribution in [1.82, 2.24) is 10.2 Å². The molecule has 1 rings (SSSR count). The number of rotatable bonds is 4. The molecule has 3 nitrogen and oxygen atoms in total. The Morgan fingerprint density at radius 3 is 2.94 bits per heavy atom. The van der Waals surface area contributed by atoms with Gasteiger partial charge in [-0.1, -0.05) is 13.8 Å². The smallest absolute Gasteiger partial charge is 0.317 e. The number of nitrogens with one attached hydrogen (secondary N) is 1. The van der Waals surface area contributed by atoms with Crippen molar-refractivity contribution in [2.75, 3.05) is 31.1 Å². The van der Waals surface area contributed by atoms with Crippen LogP contribution in [0, 0.1) is 5.92 Å². The van der Waals surface area contributed by atoms with Gasteiger partial charge in [-0.15, -0.1) is 0 Å². The highest BCUT2D eigenvalue weighted by atomic mass is 32.2. The second kappa shape index (κ2) is 7.82. The van der Waals surface area contributed by atoms with E-state index in [1.165, 1.54) is 12.2 Å². The monoisotopic (exact) mass is 244 g/mol. The second-order valence-electron chi connectivity index (χ2n) is 4.72. The van der Waals surface area contributed by atoms with E-state index in [1.807, 2.05) is 16.7 Å². The predicted octanol–water partition coefficient (Wildman–Crippen LogP) is 2.57. The minimum absolute atomic E-state index is 0.131. The van der Waals surface area contributed by atoms with Gasteiger partial charge in [-0.2, -0.15) is 11.8 Å². The molecule has 1 aliphatic rings. The Kier molecular flexibility index (Phi) is 6.69. The number of carbonyl (C=O) groups excluding carboxylic acids is 1. The first kappa shape index (κ1) is 13.7. The molecule has 0 bridgehead atoms. The Labute approximate surface area is 103 Å². The number of nitrogens with zero attached hydrogens (tertiary/aromatic N) is 1. The van der Waals surface area contributed by atoms with Crippen LogP contribution in [0.1, 0.15) is 33.1 Å². The van der Waals surface area contributed by atoms with Gasteiger partial charge in [0.2, 0.25) is 0 Å². The third kappa shape index (κ3) is 5.64. The summed E-state index contributed by atoms with van der Waals surface area (Å²) in [5.74, 6) is 3.00. The van der Waals surface area contributed by atoms with Crippen molar-refractivity contribution in [3.8, 4) is 0 Å². The second-order valence-corrected chi connectivity index (χ2v) is 5.95. The van der Waals surface area contributed by atoms with Crippen LogP contribution < -0.4 is 5.32 Å². The zero-order valence-electron chi connectivity index (χ0n) is 10.5. The van der Waals surface area contributed by atoms with Crippen molar-refractivity contribution in [1.29, 1.82) is 0 Å². The van der Waals surface area contributed by atoms with Crippen LogP contribution in [-0.2, 0) is 0 Å². The summed E-state index contributed by atoms with van der Waals surface area (Å²) in [5.41, 5.74) is 0. The Balaban J connectivity index is 2.13. The quantitative estimate of drug-likeness (QED) is 0.771. The highest BCUT2D eigenvalue weighted by Gasteiger charge is 2.14. The number of hydrogen-bond donors (Lipinski definition) is 1. The molecule has 0 radical (unpaired) electrons. The van der Waals surface area contributed by atoms with Crippen LogP contribution in [0.2, 0.25) is 0 Å². The summed E-state index contributed by atoms with van der Waals surface area (Å²) in [6, 6.07) is 0.131. The van der Waals surface area contributed by atoms with Crippen molar-refractivity contribution < 1.29 is 4.79 Å². The Morgan fingerprint density at radius 2 is 2.19 bits per heavy atom. The van der Waals surface area contributed by atoms with Crippen LogP contribution in [0.15, 0.2) is 0 Å². The molecule has 0 spiro atoms. The van der Waals surface area contributed by atoms with Crippen LogP contribution in [0.4, 0.5) is 4.79 Å². The zero-order valence-corrected chi connectivity index (χ0v) is 11.3. The molecule has 1 fully saturated rings. The van der Waals surface area contributed by atoms with Crippen molar-refractivity contribution in [2.24, 2.45) is 5.92 Å². The van der Waals surface area contributed by atoms with Gasteiger partial charge in [0.05, 0.1) is 0 Å². The number of amides is 2. The molecule has 0 aromatic rings. The third-order valence-electron chi connectivity index (χ3n) is 2.74.